The maximum atomic E-state index is 13.0. The summed E-state index contributed by atoms with van der Waals surface area (Å²) in [7, 11) is -0.908. The van der Waals surface area contributed by atoms with E-state index in [9.17, 15) is 13.2 Å². The predicted octanol–water partition coefficient (Wildman–Crippen LogP) is 1.12. The van der Waals surface area contributed by atoms with Crippen LogP contribution in [0.3, 0.4) is 0 Å². The number of rotatable bonds is 2. The fourth-order valence-electron chi connectivity index (χ4n) is 4.04. The Labute approximate surface area is 147 Å². The molecule has 0 aliphatic carbocycles. The van der Waals surface area contributed by atoms with Crippen LogP contribution in [-0.2, 0) is 16.9 Å². The van der Waals surface area contributed by atoms with E-state index < -0.39 is 9.84 Å². The fraction of sp³-hybridized carbons (Fsp3) is 0.500. The molecular weight excluding hydrogens is 338 g/mol. The molecule has 2 aromatic rings. The van der Waals surface area contributed by atoms with E-state index in [1.165, 1.54) is 0 Å². The van der Waals surface area contributed by atoms with Gasteiger partial charge in [-0.05, 0) is 12.5 Å². The van der Waals surface area contributed by atoms with Crippen molar-refractivity contribution in [3.8, 4) is 0 Å². The Morgan fingerprint density at radius 1 is 1.12 bits per heavy atom. The third-order valence-electron chi connectivity index (χ3n) is 5.45. The van der Waals surface area contributed by atoms with Gasteiger partial charge in [0.05, 0.1) is 17.1 Å². The maximum Gasteiger partial charge on any atom is 0.256 e. The minimum atomic E-state index is -2.86. The van der Waals surface area contributed by atoms with E-state index in [1.54, 1.807) is 0 Å². The highest BCUT2D eigenvalue weighted by Crippen LogP contribution is 2.23. The number of fused-ring (bicyclic) bond motifs is 1. The van der Waals surface area contributed by atoms with Gasteiger partial charge in [0.1, 0.15) is 0 Å². The third-order valence-corrected chi connectivity index (χ3v) is 7.20. The second-order valence-corrected chi connectivity index (χ2v) is 9.28. The van der Waals surface area contributed by atoms with Crippen LogP contribution in [0.1, 0.15) is 16.8 Å². The number of hydrogen-bond donors (Lipinski definition) is 0. The summed E-state index contributed by atoms with van der Waals surface area (Å²) in [5.41, 5.74) is 1.80. The van der Waals surface area contributed by atoms with Crippen molar-refractivity contribution < 1.29 is 13.2 Å². The number of aromatic nitrogens is 1. The second-order valence-electron chi connectivity index (χ2n) is 7.06. The van der Waals surface area contributed by atoms with Crippen LogP contribution in [0.15, 0.2) is 30.5 Å². The van der Waals surface area contributed by atoms with Crippen LogP contribution in [0.2, 0.25) is 0 Å². The largest absolute Gasteiger partial charge is 0.350 e. The number of nitrogens with zero attached hydrogens (tertiary/aromatic N) is 3. The van der Waals surface area contributed by atoms with Crippen LogP contribution in [0.5, 0.6) is 0 Å². The molecule has 2 aliphatic heterocycles. The molecule has 0 saturated carbocycles. The highest BCUT2D eigenvalue weighted by Gasteiger charge is 2.34. The van der Waals surface area contributed by atoms with Crippen LogP contribution in [-0.4, -0.2) is 72.4 Å². The van der Waals surface area contributed by atoms with Crippen LogP contribution >= 0.6 is 0 Å². The molecule has 1 amide bonds. The summed E-state index contributed by atoms with van der Waals surface area (Å²) in [6.45, 7) is 2.80. The number of carbonyl (C=O) groups is 1. The molecule has 1 aromatic heterocycles. The van der Waals surface area contributed by atoms with Gasteiger partial charge in [-0.25, -0.2) is 8.42 Å². The number of hydrogen-bond acceptors (Lipinski definition) is 4. The van der Waals surface area contributed by atoms with Gasteiger partial charge < -0.3 is 9.47 Å². The van der Waals surface area contributed by atoms with Crippen molar-refractivity contribution in [3.05, 3.63) is 36.0 Å². The topological polar surface area (TPSA) is 62.6 Å². The molecule has 1 unspecified atom stereocenters. The normalized spacial score (nSPS) is 24.0. The van der Waals surface area contributed by atoms with E-state index in [0.29, 0.717) is 18.8 Å². The van der Waals surface area contributed by atoms with E-state index in [4.69, 9.17) is 0 Å². The average molecular weight is 361 g/mol. The molecule has 3 heterocycles. The first kappa shape index (κ1) is 16.6. The molecule has 2 aliphatic rings. The van der Waals surface area contributed by atoms with Crippen LogP contribution in [0.25, 0.3) is 10.9 Å². The summed E-state index contributed by atoms with van der Waals surface area (Å²) in [6, 6.07) is 8.06. The molecule has 0 spiro atoms. The Hall–Kier alpha value is -1.86. The minimum Gasteiger partial charge on any atom is -0.350 e. The number of benzene rings is 1. The summed E-state index contributed by atoms with van der Waals surface area (Å²) in [5, 5.41) is 0.985. The lowest BCUT2D eigenvalue weighted by Crippen LogP contribution is -2.52. The van der Waals surface area contributed by atoms with E-state index in [0.717, 1.165) is 36.0 Å². The SMILES string of the molecule is Cn1cc(C(=O)N2CCN(C3CCS(=O)(=O)C3)CC2)c2ccccc21. The van der Waals surface area contributed by atoms with Gasteiger partial charge in [0, 0.05) is 56.4 Å². The molecule has 25 heavy (non-hydrogen) atoms. The molecule has 0 bridgehead atoms. The monoisotopic (exact) mass is 361 g/mol. The lowest BCUT2D eigenvalue weighted by atomic mass is 10.1. The summed E-state index contributed by atoms with van der Waals surface area (Å²) in [4.78, 5) is 17.1. The van der Waals surface area contributed by atoms with Crippen molar-refractivity contribution in [2.24, 2.45) is 7.05 Å². The number of aryl methyl sites for hydroxylation is 1. The lowest BCUT2D eigenvalue weighted by molar-refractivity contribution is 0.0589. The van der Waals surface area contributed by atoms with Gasteiger partial charge in [0.2, 0.25) is 0 Å². The van der Waals surface area contributed by atoms with Gasteiger partial charge in [0.15, 0.2) is 9.84 Å². The molecule has 0 radical (unpaired) electrons. The molecule has 2 saturated heterocycles. The quantitative estimate of drug-likeness (QED) is 0.804. The van der Waals surface area contributed by atoms with Crippen molar-refractivity contribution in [3.63, 3.8) is 0 Å². The average Bonchev–Trinajstić information content (AvgIpc) is 3.15. The zero-order valence-corrected chi connectivity index (χ0v) is 15.2. The van der Waals surface area contributed by atoms with Crippen molar-refractivity contribution in [2.75, 3.05) is 37.7 Å². The summed E-state index contributed by atoms with van der Waals surface area (Å²) in [6.07, 6.45) is 2.63. The Bertz CT molecular complexity index is 911. The number of para-hydroxylation sites is 1. The smallest absolute Gasteiger partial charge is 0.256 e. The van der Waals surface area contributed by atoms with E-state index >= 15 is 0 Å². The first-order chi connectivity index (χ1) is 11.9. The molecule has 0 N–H and O–H groups in total. The summed E-state index contributed by atoms with van der Waals surface area (Å²) < 4.78 is 25.3. The Morgan fingerprint density at radius 3 is 2.52 bits per heavy atom. The maximum absolute atomic E-state index is 13.0. The lowest BCUT2D eigenvalue weighted by Gasteiger charge is -2.37. The van der Waals surface area contributed by atoms with Gasteiger partial charge in [0.25, 0.3) is 5.91 Å². The van der Waals surface area contributed by atoms with Crippen molar-refractivity contribution in [2.45, 2.75) is 12.5 Å². The zero-order valence-electron chi connectivity index (χ0n) is 14.4. The van der Waals surface area contributed by atoms with Crippen LogP contribution in [0.4, 0.5) is 0 Å². The molecule has 1 aromatic carbocycles. The number of sulfone groups is 1. The molecular formula is C18H23N3O3S. The van der Waals surface area contributed by atoms with E-state index in [2.05, 4.69) is 4.90 Å². The van der Waals surface area contributed by atoms with Crippen molar-refractivity contribution in [1.29, 1.82) is 0 Å². The predicted molar refractivity (Wildman–Crippen MR) is 97.5 cm³/mol. The zero-order chi connectivity index (χ0) is 17.6. The molecule has 7 heteroatoms. The molecule has 1 atom stereocenters. The Balaban J connectivity index is 1.46. The fourth-order valence-corrected chi connectivity index (χ4v) is 5.80. The summed E-state index contributed by atoms with van der Waals surface area (Å²) in [5.74, 6) is 0.632. The Morgan fingerprint density at radius 2 is 1.84 bits per heavy atom. The molecule has 134 valence electrons. The van der Waals surface area contributed by atoms with E-state index in [-0.39, 0.29) is 17.7 Å². The van der Waals surface area contributed by atoms with Gasteiger partial charge in [-0.2, -0.15) is 0 Å². The molecule has 4 rings (SSSR count). The number of piperazine rings is 1. The van der Waals surface area contributed by atoms with E-state index in [1.807, 2.05) is 47.0 Å². The van der Waals surface area contributed by atoms with Gasteiger partial charge in [-0.15, -0.1) is 0 Å². The van der Waals surface area contributed by atoms with Crippen LogP contribution < -0.4 is 0 Å². The highest BCUT2D eigenvalue weighted by atomic mass is 32.2. The number of amides is 1. The second kappa shape index (κ2) is 6.14. The number of carbonyl (C=O) groups excluding carboxylic acids is 1. The highest BCUT2D eigenvalue weighted by molar-refractivity contribution is 7.91. The third kappa shape index (κ3) is 3.06. The summed E-state index contributed by atoms with van der Waals surface area (Å²) >= 11 is 0. The van der Waals surface area contributed by atoms with Gasteiger partial charge in [-0.3, -0.25) is 9.69 Å². The molecule has 2 fully saturated rings. The molecule has 6 nitrogen and oxygen atoms in total. The first-order valence-electron chi connectivity index (χ1n) is 8.72. The Kier molecular flexibility index (Phi) is 4.08. The first-order valence-corrected chi connectivity index (χ1v) is 10.5. The minimum absolute atomic E-state index is 0.0653. The van der Waals surface area contributed by atoms with Gasteiger partial charge in [-0.1, -0.05) is 18.2 Å². The van der Waals surface area contributed by atoms with Gasteiger partial charge >= 0.3 is 0 Å². The van der Waals surface area contributed by atoms with Crippen molar-refractivity contribution in [1.82, 2.24) is 14.4 Å². The standard InChI is InChI=1S/C18H23N3O3S/c1-19-12-16(15-4-2-3-5-17(15)19)18(22)21-9-7-20(8-10-21)14-6-11-25(23,24)13-14/h2-5,12,14H,6-11,13H2,1H3. The van der Waals surface area contributed by atoms with Crippen molar-refractivity contribution >= 4 is 26.6 Å². The van der Waals surface area contributed by atoms with Crippen LogP contribution in [0, 0.1) is 0 Å².